The van der Waals surface area contributed by atoms with E-state index in [0.29, 0.717) is 36.1 Å². The second-order valence-electron chi connectivity index (χ2n) is 8.28. The molecular formula is C25H24FN7O2. The molecule has 1 saturated heterocycles. The summed E-state index contributed by atoms with van der Waals surface area (Å²) >= 11 is 0. The minimum atomic E-state index is -0.476. The Balaban J connectivity index is 1.53. The molecule has 178 valence electrons. The van der Waals surface area contributed by atoms with Gasteiger partial charge in [-0.3, -0.25) is 20.1 Å². The van der Waals surface area contributed by atoms with E-state index in [2.05, 4.69) is 30.6 Å². The maximum Gasteiger partial charge on any atom is 0.321 e. The highest BCUT2D eigenvalue weighted by molar-refractivity contribution is 5.98. The number of nitrogens with zero attached hydrogens (tertiary/aromatic N) is 4. The van der Waals surface area contributed by atoms with Crippen molar-refractivity contribution in [2.45, 2.75) is 26.3 Å². The number of fused-ring (bicyclic) bond motifs is 1. The lowest BCUT2D eigenvalue weighted by Crippen LogP contribution is -2.28. The Labute approximate surface area is 200 Å². The van der Waals surface area contributed by atoms with Gasteiger partial charge in [-0.2, -0.15) is 0 Å². The molecule has 1 aliphatic heterocycles. The van der Waals surface area contributed by atoms with Crippen molar-refractivity contribution in [3.8, 4) is 22.4 Å². The molecule has 4 heterocycles. The Hall–Kier alpha value is -4.34. The van der Waals surface area contributed by atoms with E-state index in [-0.39, 0.29) is 17.5 Å². The predicted octanol–water partition coefficient (Wildman–Crippen LogP) is 4.09. The predicted molar refractivity (Wildman–Crippen MR) is 130 cm³/mol. The molecule has 0 aliphatic carbocycles. The smallest absolute Gasteiger partial charge is 0.321 e. The Bertz CT molecular complexity index is 1400. The molecule has 0 radical (unpaired) electrons. The number of aromatic amines is 1. The van der Waals surface area contributed by atoms with Crippen molar-refractivity contribution in [1.82, 2.24) is 30.2 Å². The van der Waals surface area contributed by atoms with Crippen LogP contribution in [0.25, 0.3) is 33.4 Å². The molecule has 0 saturated carbocycles. The average Bonchev–Trinajstić information content (AvgIpc) is 3.44. The van der Waals surface area contributed by atoms with E-state index >= 15 is 0 Å². The standard InChI is InChI=1S/C25H24FN7O2/c1-2-27-25(35)32-24-30-20-12-16(11-18(23(20)31-24)22-19(26)5-3-9-28-22)15-7-8-17(29-13-15)14-33-10-4-6-21(33)34/h3,5,7-9,11-13H,2,4,6,10,14H2,1H3,(H3,27,30,31,32,35). The minimum Gasteiger partial charge on any atom is -0.338 e. The number of aromatic nitrogens is 4. The summed E-state index contributed by atoms with van der Waals surface area (Å²) < 4.78 is 14.7. The van der Waals surface area contributed by atoms with Crippen LogP contribution in [0.3, 0.4) is 0 Å². The van der Waals surface area contributed by atoms with Crippen LogP contribution < -0.4 is 10.6 Å². The van der Waals surface area contributed by atoms with E-state index in [1.165, 1.54) is 18.3 Å². The lowest BCUT2D eigenvalue weighted by molar-refractivity contribution is -0.128. The number of carbonyl (C=O) groups excluding carboxylic acids is 2. The number of likely N-dealkylation sites (tertiary alicyclic amines) is 1. The number of pyridine rings is 2. The van der Waals surface area contributed by atoms with Crippen molar-refractivity contribution in [2.75, 3.05) is 18.4 Å². The molecule has 3 aromatic heterocycles. The molecular weight excluding hydrogens is 449 g/mol. The zero-order chi connectivity index (χ0) is 24.4. The van der Waals surface area contributed by atoms with E-state index in [1.807, 2.05) is 36.1 Å². The number of hydrogen-bond acceptors (Lipinski definition) is 5. The molecule has 3 amide bonds. The number of nitrogens with one attached hydrogen (secondary N) is 3. The molecule has 10 heteroatoms. The number of amides is 3. The summed E-state index contributed by atoms with van der Waals surface area (Å²) in [4.78, 5) is 42.0. The highest BCUT2D eigenvalue weighted by Crippen LogP contribution is 2.34. The molecule has 0 spiro atoms. The molecule has 3 N–H and O–H groups in total. The summed E-state index contributed by atoms with van der Waals surface area (Å²) in [6.07, 6.45) is 4.73. The second kappa shape index (κ2) is 9.49. The Morgan fingerprint density at radius 2 is 2.09 bits per heavy atom. The SMILES string of the molecule is CCNC(=O)Nc1nc2c(-c3ncccc3F)cc(-c3ccc(CN4CCCC4=O)nc3)cc2[nH]1. The first-order chi connectivity index (χ1) is 17.0. The van der Waals surface area contributed by atoms with E-state index in [9.17, 15) is 14.0 Å². The van der Waals surface area contributed by atoms with Crippen molar-refractivity contribution in [2.24, 2.45) is 0 Å². The van der Waals surface area contributed by atoms with Gasteiger partial charge in [0, 0.05) is 43.0 Å². The molecule has 9 nitrogen and oxygen atoms in total. The van der Waals surface area contributed by atoms with Gasteiger partial charge in [-0.1, -0.05) is 6.07 Å². The highest BCUT2D eigenvalue weighted by Gasteiger charge is 2.21. The maximum atomic E-state index is 14.7. The van der Waals surface area contributed by atoms with Gasteiger partial charge < -0.3 is 15.2 Å². The van der Waals surface area contributed by atoms with Gasteiger partial charge >= 0.3 is 6.03 Å². The van der Waals surface area contributed by atoms with Gasteiger partial charge in [-0.15, -0.1) is 0 Å². The third-order valence-corrected chi connectivity index (χ3v) is 5.85. The van der Waals surface area contributed by atoms with Crippen LogP contribution in [0.2, 0.25) is 0 Å². The van der Waals surface area contributed by atoms with Gasteiger partial charge in [0.15, 0.2) is 0 Å². The first kappa shape index (κ1) is 22.5. The van der Waals surface area contributed by atoms with E-state index in [0.717, 1.165) is 29.8 Å². The van der Waals surface area contributed by atoms with Gasteiger partial charge in [0.25, 0.3) is 0 Å². The molecule has 1 fully saturated rings. The quantitative estimate of drug-likeness (QED) is 0.390. The number of halogens is 1. The summed E-state index contributed by atoms with van der Waals surface area (Å²) in [6, 6.07) is 9.97. The fourth-order valence-electron chi connectivity index (χ4n) is 4.18. The topological polar surface area (TPSA) is 116 Å². The monoisotopic (exact) mass is 473 g/mol. The van der Waals surface area contributed by atoms with Gasteiger partial charge in [0.05, 0.1) is 17.8 Å². The van der Waals surface area contributed by atoms with Crippen molar-refractivity contribution < 1.29 is 14.0 Å². The average molecular weight is 474 g/mol. The van der Waals surface area contributed by atoms with Gasteiger partial charge in [-0.25, -0.2) is 14.2 Å². The third kappa shape index (κ3) is 4.68. The molecule has 0 bridgehead atoms. The van der Waals surface area contributed by atoms with Crippen molar-refractivity contribution in [3.05, 3.63) is 60.3 Å². The summed E-state index contributed by atoms with van der Waals surface area (Å²) in [5.41, 5.74) is 4.14. The molecule has 1 aliphatic rings. The van der Waals surface area contributed by atoms with Gasteiger partial charge in [-0.05, 0) is 49.2 Å². The first-order valence-corrected chi connectivity index (χ1v) is 11.4. The van der Waals surface area contributed by atoms with Crippen molar-refractivity contribution >= 4 is 28.9 Å². The highest BCUT2D eigenvalue weighted by atomic mass is 19.1. The molecule has 0 unspecified atom stereocenters. The largest absolute Gasteiger partial charge is 0.338 e. The van der Waals surface area contributed by atoms with Crippen LogP contribution in [0.5, 0.6) is 0 Å². The molecule has 5 rings (SSSR count). The summed E-state index contributed by atoms with van der Waals surface area (Å²) in [7, 11) is 0. The third-order valence-electron chi connectivity index (χ3n) is 5.85. The number of imidazole rings is 1. The normalized spacial score (nSPS) is 13.4. The number of benzene rings is 1. The number of anilines is 1. The van der Waals surface area contributed by atoms with E-state index < -0.39 is 11.8 Å². The van der Waals surface area contributed by atoms with Crippen molar-refractivity contribution in [3.63, 3.8) is 0 Å². The van der Waals surface area contributed by atoms with Gasteiger partial charge in [0.2, 0.25) is 11.9 Å². The van der Waals surface area contributed by atoms with Crippen LogP contribution in [-0.2, 0) is 11.3 Å². The zero-order valence-corrected chi connectivity index (χ0v) is 19.1. The lowest BCUT2D eigenvalue weighted by atomic mass is 10.0. The first-order valence-electron chi connectivity index (χ1n) is 11.4. The van der Waals surface area contributed by atoms with Crippen LogP contribution in [-0.4, -0.2) is 49.9 Å². The van der Waals surface area contributed by atoms with Crippen LogP contribution >= 0.6 is 0 Å². The molecule has 0 atom stereocenters. The van der Waals surface area contributed by atoms with Crippen LogP contribution in [0.15, 0.2) is 48.8 Å². The summed E-state index contributed by atoms with van der Waals surface area (Å²) in [5.74, 6) is -0.0833. The Morgan fingerprint density at radius 1 is 1.20 bits per heavy atom. The van der Waals surface area contributed by atoms with Gasteiger partial charge in [0.1, 0.15) is 17.0 Å². The minimum absolute atomic E-state index is 0.152. The second-order valence-corrected chi connectivity index (χ2v) is 8.28. The van der Waals surface area contributed by atoms with Crippen LogP contribution in [0.4, 0.5) is 15.1 Å². The molecule has 1 aromatic carbocycles. The van der Waals surface area contributed by atoms with Crippen LogP contribution in [0.1, 0.15) is 25.5 Å². The fraction of sp³-hybridized carbons (Fsp3) is 0.240. The summed E-state index contributed by atoms with van der Waals surface area (Å²) in [6.45, 7) is 3.52. The fourth-order valence-corrected chi connectivity index (χ4v) is 4.18. The summed E-state index contributed by atoms with van der Waals surface area (Å²) in [5, 5.41) is 5.30. The van der Waals surface area contributed by atoms with Crippen LogP contribution in [0, 0.1) is 5.82 Å². The number of H-pyrrole nitrogens is 1. The number of urea groups is 1. The number of rotatable bonds is 6. The van der Waals surface area contributed by atoms with Crippen molar-refractivity contribution in [1.29, 1.82) is 0 Å². The lowest BCUT2D eigenvalue weighted by Gasteiger charge is -2.15. The maximum absolute atomic E-state index is 14.7. The number of hydrogen-bond donors (Lipinski definition) is 3. The molecule has 35 heavy (non-hydrogen) atoms. The Kier molecular flexibility index (Phi) is 6.09. The number of carbonyl (C=O) groups is 2. The van der Waals surface area contributed by atoms with E-state index in [1.54, 1.807) is 6.20 Å². The Morgan fingerprint density at radius 3 is 2.80 bits per heavy atom. The van der Waals surface area contributed by atoms with E-state index in [4.69, 9.17) is 0 Å². The zero-order valence-electron chi connectivity index (χ0n) is 19.1. The molecule has 4 aromatic rings.